The van der Waals surface area contributed by atoms with Gasteiger partial charge < -0.3 is 5.32 Å². The fourth-order valence-electron chi connectivity index (χ4n) is 1.70. The van der Waals surface area contributed by atoms with E-state index in [1.807, 2.05) is 19.4 Å². The van der Waals surface area contributed by atoms with Gasteiger partial charge >= 0.3 is 0 Å². The van der Waals surface area contributed by atoms with Gasteiger partial charge in [0.2, 0.25) is 0 Å². The number of rotatable bonds is 4. The van der Waals surface area contributed by atoms with Crippen LogP contribution in [0.25, 0.3) is 0 Å². The Morgan fingerprint density at radius 1 is 1.11 bits per heavy atom. The highest BCUT2D eigenvalue weighted by atomic mass is 32.2. The summed E-state index contributed by atoms with van der Waals surface area (Å²) in [6, 6.07) is 8.45. The predicted octanol–water partition coefficient (Wildman–Crippen LogP) is 4.01. The minimum absolute atomic E-state index is 0.791. The Hall–Kier alpha value is -1.20. The van der Waals surface area contributed by atoms with Crippen molar-refractivity contribution in [2.24, 2.45) is 0 Å². The molecule has 100 valence electrons. The number of aromatic nitrogens is 2. The monoisotopic (exact) mass is 291 g/mol. The normalized spacial score (nSPS) is 10.5. The third-order valence-electron chi connectivity index (χ3n) is 2.67. The Labute approximate surface area is 122 Å². The quantitative estimate of drug-likeness (QED) is 0.523. The summed E-state index contributed by atoms with van der Waals surface area (Å²) in [5, 5.41) is 4.83. The molecule has 2 rings (SSSR count). The Morgan fingerprint density at radius 2 is 1.89 bits per heavy atom. The Balaban J connectivity index is 2.31. The molecule has 0 bridgehead atoms. The molecule has 1 heterocycles. The molecule has 0 aliphatic carbocycles. The molecule has 0 amide bonds. The van der Waals surface area contributed by atoms with E-state index in [-0.39, 0.29) is 0 Å². The van der Waals surface area contributed by atoms with Crippen LogP contribution in [-0.4, -0.2) is 23.3 Å². The third-order valence-corrected chi connectivity index (χ3v) is 4.31. The van der Waals surface area contributed by atoms with Crippen LogP contribution in [0.2, 0.25) is 0 Å². The van der Waals surface area contributed by atoms with E-state index in [1.165, 1.54) is 16.0 Å². The van der Waals surface area contributed by atoms with Crippen LogP contribution < -0.4 is 5.32 Å². The molecule has 2 aromatic rings. The summed E-state index contributed by atoms with van der Waals surface area (Å²) in [6.45, 7) is 4.24. The molecule has 0 spiro atoms. The van der Waals surface area contributed by atoms with Gasteiger partial charge in [-0.05, 0) is 31.7 Å². The summed E-state index contributed by atoms with van der Waals surface area (Å²) >= 11 is 3.23. The van der Waals surface area contributed by atoms with Crippen molar-refractivity contribution in [3.63, 3.8) is 0 Å². The van der Waals surface area contributed by atoms with Crippen LogP contribution in [-0.2, 0) is 0 Å². The van der Waals surface area contributed by atoms with Gasteiger partial charge in [-0.2, -0.15) is 0 Å². The minimum Gasteiger partial charge on any atom is -0.373 e. The van der Waals surface area contributed by atoms with Gasteiger partial charge in [0.05, 0.1) is 0 Å². The second-order valence-electron chi connectivity index (χ2n) is 4.20. The van der Waals surface area contributed by atoms with Crippen LogP contribution in [0.5, 0.6) is 0 Å². The summed E-state index contributed by atoms with van der Waals surface area (Å²) in [5.74, 6) is 0.853. The molecule has 0 saturated carbocycles. The lowest BCUT2D eigenvalue weighted by Crippen LogP contribution is -1.97. The molecule has 0 unspecified atom stereocenters. The highest BCUT2D eigenvalue weighted by Crippen LogP contribution is 2.31. The van der Waals surface area contributed by atoms with E-state index in [0.717, 1.165) is 16.0 Å². The Kier molecular flexibility index (Phi) is 4.71. The summed E-state index contributed by atoms with van der Waals surface area (Å²) in [4.78, 5) is 10.1. The van der Waals surface area contributed by atoms with Crippen molar-refractivity contribution in [3.05, 3.63) is 35.4 Å². The number of nitrogens with one attached hydrogen (secondary N) is 1. The average molecular weight is 291 g/mol. The van der Waals surface area contributed by atoms with E-state index in [0.29, 0.717) is 0 Å². The third kappa shape index (κ3) is 3.64. The van der Waals surface area contributed by atoms with Gasteiger partial charge in [-0.15, -0.1) is 0 Å². The van der Waals surface area contributed by atoms with E-state index in [9.17, 15) is 0 Å². The lowest BCUT2D eigenvalue weighted by Gasteiger charge is -2.08. The van der Waals surface area contributed by atoms with Crippen LogP contribution in [0.4, 0.5) is 5.82 Å². The maximum absolute atomic E-state index is 4.53. The first-order valence-corrected chi connectivity index (χ1v) is 8.02. The Morgan fingerprint density at radius 3 is 2.53 bits per heavy atom. The SMILES string of the molecule is CNc1cc(Sc2ccc(C)cc2C)nc(SC)n1. The lowest BCUT2D eigenvalue weighted by atomic mass is 10.2. The van der Waals surface area contributed by atoms with Gasteiger partial charge in [0.15, 0.2) is 5.16 Å². The number of aryl methyl sites for hydroxylation is 2. The maximum atomic E-state index is 4.53. The van der Waals surface area contributed by atoms with Crippen molar-refractivity contribution in [1.29, 1.82) is 0 Å². The molecule has 0 atom stereocenters. The zero-order chi connectivity index (χ0) is 13.8. The largest absolute Gasteiger partial charge is 0.373 e. The average Bonchev–Trinajstić information content (AvgIpc) is 2.41. The fourth-order valence-corrected chi connectivity index (χ4v) is 3.02. The first-order valence-electron chi connectivity index (χ1n) is 5.98. The molecular formula is C14H17N3S2. The van der Waals surface area contributed by atoms with Crippen LogP contribution in [0.3, 0.4) is 0 Å². The number of anilines is 1. The van der Waals surface area contributed by atoms with Crippen molar-refractivity contribution in [1.82, 2.24) is 9.97 Å². The zero-order valence-electron chi connectivity index (χ0n) is 11.5. The second-order valence-corrected chi connectivity index (χ2v) is 6.03. The van der Waals surface area contributed by atoms with Crippen molar-refractivity contribution < 1.29 is 0 Å². The molecule has 1 aromatic heterocycles. The van der Waals surface area contributed by atoms with Gasteiger partial charge in [-0.1, -0.05) is 41.2 Å². The maximum Gasteiger partial charge on any atom is 0.190 e. The molecule has 0 saturated heterocycles. The molecule has 0 aliphatic rings. The van der Waals surface area contributed by atoms with E-state index in [4.69, 9.17) is 0 Å². The molecule has 5 heteroatoms. The van der Waals surface area contributed by atoms with Gasteiger partial charge in [0, 0.05) is 18.0 Å². The molecule has 0 fully saturated rings. The summed E-state index contributed by atoms with van der Waals surface area (Å²) < 4.78 is 0. The van der Waals surface area contributed by atoms with E-state index >= 15 is 0 Å². The second kappa shape index (κ2) is 6.30. The molecule has 19 heavy (non-hydrogen) atoms. The van der Waals surface area contributed by atoms with Crippen LogP contribution in [0.1, 0.15) is 11.1 Å². The predicted molar refractivity (Wildman–Crippen MR) is 83.4 cm³/mol. The van der Waals surface area contributed by atoms with Gasteiger partial charge in [0.1, 0.15) is 10.8 Å². The van der Waals surface area contributed by atoms with E-state index in [1.54, 1.807) is 23.5 Å². The highest BCUT2D eigenvalue weighted by molar-refractivity contribution is 7.99. The number of hydrogen-bond acceptors (Lipinski definition) is 5. The van der Waals surface area contributed by atoms with Crippen LogP contribution >= 0.6 is 23.5 Å². The number of nitrogens with zero attached hydrogens (tertiary/aromatic N) is 2. The lowest BCUT2D eigenvalue weighted by molar-refractivity contribution is 0.897. The summed E-state index contributed by atoms with van der Waals surface area (Å²) in [5.41, 5.74) is 2.56. The van der Waals surface area contributed by atoms with Gasteiger partial charge in [-0.3, -0.25) is 0 Å². The van der Waals surface area contributed by atoms with Crippen molar-refractivity contribution >= 4 is 29.3 Å². The first-order chi connectivity index (χ1) is 9.12. The minimum atomic E-state index is 0.791. The molecule has 0 aliphatic heterocycles. The smallest absolute Gasteiger partial charge is 0.190 e. The zero-order valence-corrected chi connectivity index (χ0v) is 13.2. The van der Waals surface area contributed by atoms with Crippen molar-refractivity contribution in [3.8, 4) is 0 Å². The van der Waals surface area contributed by atoms with Gasteiger partial charge in [-0.25, -0.2) is 9.97 Å². The highest BCUT2D eigenvalue weighted by Gasteiger charge is 2.07. The number of hydrogen-bond donors (Lipinski definition) is 1. The first kappa shape index (κ1) is 14.2. The summed E-state index contributed by atoms with van der Waals surface area (Å²) in [7, 11) is 1.87. The van der Waals surface area contributed by atoms with Crippen molar-refractivity contribution in [2.45, 2.75) is 28.9 Å². The van der Waals surface area contributed by atoms with Gasteiger partial charge in [0.25, 0.3) is 0 Å². The standard InChI is InChI=1S/C14H17N3S2/c1-9-5-6-11(10(2)7-9)19-13-8-12(15-3)16-14(17-13)18-4/h5-8H,1-4H3,(H,15,16,17). The van der Waals surface area contributed by atoms with Crippen LogP contribution in [0, 0.1) is 13.8 Å². The molecule has 0 radical (unpaired) electrons. The number of thioether (sulfide) groups is 1. The molecule has 1 N–H and O–H groups in total. The van der Waals surface area contributed by atoms with E-state index in [2.05, 4.69) is 47.3 Å². The number of benzene rings is 1. The van der Waals surface area contributed by atoms with Crippen molar-refractivity contribution in [2.75, 3.05) is 18.6 Å². The Bertz CT molecular complexity index is 563. The topological polar surface area (TPSA) is 37.8 Å². The summed E-state index contributed by atoms with van der Waals surface area (Å²) in [6.07, 6.45) is 1.99. The van der Waals surface area contributed by atoms with Crippen LogP contribution in [0.15, 0.2) is 39.3 Å². The van der Waals surface area contributed by atoms with E-state index < -0.39 is 0 Å². The fraction of sp³-hybridized carbons (Fsp3) is 0.286. The molecular weight excluding hydrogens is 274 g/mol. The molecule has 1 aromatic carbocycles. The molecule has 3 nitrogen and oxygen atoms in total.